The van der Waals surface area contributed by atoms with Gasteiger partial charge in [-0.1, -0.05) is 41.9 Å². The van der Waals surface area contributed by atoms with Crippen molar-refractivity contribution in [2.24, 2.45) is 0 Å². The standard InChI is InChI=1S/C22H21ClN4O/c1-15-13-19(21(28)24-14-16-8-10-18(23)11-9-16)26-22(25-15)27-12-4-6-17-5-2-3-7-20(17)27/h2-3,5,7-11,13H,4,6,12,14H2,1H3,(H,24,28). The number of amides is 1. The van der Waals surface area contributed by atoms with Crippen LogP contribution in [0.5, 0.6) is 0 Å². The summed E-state index contributed by atoms with van der Waals surface area (Å²) in [5.41, 5.74) is 4.53. The molecule has 0 saturated heterocycles. The summed E-state index contributed by atoms with van der Waals surface area (Å²) in [6, 6.07) is 17.4. The number of para-hydroxylation sites is 1. The van der Waals surface area contributed by atoms with Crippen LogP contribution in [0.25, 0.3) is 0 Å². The molecule has 0 unspecified atom stereocenters. The molecule has 1 aliphatic rings. The van der Waals surface area contributed by atoms with Crippen LogP contribution in [0.2, 0.25) is 5.02 Å². The quantitative estimate of drug-likeness (QED) is 0.712. The zero-order chi connectivity index (χ0) is 19.5. The van der Waals surface area contributed by atoms with Crippen molar-refractivity contribution in [1.29, 1.82) is 0 Å². The summed E-state index contributed by atoms with van der Waals surface area (Å²) in [4.78, 5) is 23.9. The minimum Gasteiger partial charge on any atom is -0.347 e. The van der Waals surface area contributed by atoms with Gasteiger partial charge < -0.3 is 10.2 Å². The monoisotopic (exact) mass is 392 g/mol. The van der Waals surface area contributed by atoms with Gasteiger partial charge in [0.05, 0.1) is 0 Å². The molecule has 5 nitrogen and oxygen atoms in total. The Labute approximate surface area is 169 Å². The van der Waals surface area contributed by atoms with Crippen LogP contribution in [-0.2, 0) is 13.0 Å². The first kappa shape index (κ1) is 18.4. The zero-order valence-corrected chi connectivity index (χ0v) is 16.4. The lowest BCUT2D eigenvalue weighted by molar-refractivity contribution is 0.0945. The number of nitrogens with zero attached hydrogens (tertiary/aromatic N) is 3. The van der Waals surface area contributed by atoms with E-state index in [1.165, 1.54) is 5.56 Å². The van der Waals surface area contributed by atoms with Crippen LogP contribution in [0, 0.1) is 6.92 Å². The summed E-state index contributed by atoms with van der Waals surface area (Å²) < 4.78 is 0. The highest BCUT2D eigenvalue weighted by atomic mass is 35.5. The number of aromatic nitrogens is 2. The maximum Gasteiger partial charge on any atom is 0.270 e. The highest BCUT2D eigenvalue weighted by molar-refractivity contribution is 6.30. The van der Waals surface area contributed by atoms with E-state index in [9.17, 15) is 4.79 Å². The van der Waals surface area contributed by atoms with Gasteiger partial charge in [0.25, 0.3) is 5.91 Å². The first-order valence-corrected chi connectivity index (χ1v) is 9.72. The third-order valence-electron chi connectivity index (χ3n) is 4.79. The Balaban J connectivity index is 1.56. The van der Waals surface area contributed by atoms with Gasteiger partial charge in [0.15, 0.2) is 0 Å². The Morgan fingerprint density at radius 1 is 1.14 bits per heavy atom. The van der Waals surface area contributed by atoms with Gasteiger partial charge in [-0.3, -0.25) is 4.79 Å². The van der Waals surface area contributed by atoms with Crippen LogP contribution in [0.4, 0.5) is 11.6 Å². The number of aryl methyl sites for hydroxylation is 2. The highest BCUT2D eigenvalue weighted by Gasteiger charge is 2.21. The van der Waals surface area contributed by atoms with Gasteiger partial charge in [-0.2, -0.15) is 0 Å². The molecule has 2 heterocycles. The van der Waals surface area contributed by atoms with Gasteiger partial charge in [0.2, 0.25) is 5.95 Å². The number of rotatable bonds is 4. The fraction of sp³-hybridized carbons (Fsp3) is 0.227. The van der Waals surface area contributed by atoms with E-state index in [1.807, 2.05) is 37.3 Å². The second-order valence-electron chi connectivity index (χ2n) is 6.89. The number of anilines is 2. The molecule has 0 radical (unpaired) electrons. The van der Waals surface area contributed by atoms with Crippen molar-refractivity contribution in [3.8, 4) is 0 Å². The van der Waals surface area contributed by atoms with Crippen molar-refractivity contribution in [3.05, 3.63) is 82.1 Å². The van der Waals surface area contributed by atoms with Crippen molar-refractivity contribution in [2.75, 3.05) is 11.4 Å². The number of carbonyl (C=O) groups is 1. The zero-order valence-electron chi connectivity index (χ0n) is 15.7. The second-order valence-corrected chi connectivity index (χ2v) is 7.32. The summed E-state index contributed by atoms with van der Waals surface area (Å²) in [5.74, 6) is 0.357. The van der Waals surface area contributed by atoms with E-state index in [2.05, 4.69) is 38.4 Å². The van der Waals surface area contributed by atoms with Crippen LogP contribution >= 0.6 is 11.6 Å². The molecule has 1 aliphatic heterocycles. The average molecular weight is 393 g/mol. The van der Waals surface area contributed by atoms with E-state index in [4.69, 9.17) is 11.6 Å². The van der Waals surface area contributed by atoms with E-state index in [0.29, 0.717) is 23.2 Å². The number of benzene rings is 2. The summed E-state index contributed by atoms with van der Waals surface area (Å²) in [7, 11) is 0. The smallest absolute Gasteiger partial charge is 0.270 e. The third-order valence-corrected chi connectivity index (χ3v) is 5.05. The van der Waals surface area contributed by atoms with Crippen LogP contribution < -0.4 is 10.2 Å². The molecule has 1 N–H and O–H groups in total. The molecule has 0 saturated carbocycles. The predicted molar refractivity (Wildman–Crippen MR) is 111 cm³/mol. The number of fused-ring (bicyclic) bond motifs is 1. The van der Waals surface area contributed by atoms with E-state index >= 15 is 0 Å². The molecule has 28 heavy (non-hydrogen) atoms. The number of nitrogens with one attached hydrogen (secondary N) is 1. The highest BCUT2D eigenvalue weighted by Crippen LogP contribution is 2.31. The van der Waals surface area contributed by atoms with E-state index < -0.39 is 0 Å². The van der Waals surface area contributed by atoms with Crippen molar-refractivity contribution in [3.63, 3.8) is 0 Å². The van der Waals surface area contributed by atoms with Crippen molar-refractivity contribution >= 4 is 29.1 Å². The van der Waals surface area contributed by atoms with Crippen molar-refractivity contribution in [2.45, 2.75) is 26.3 Å². The number of hydrogen-bond acceptors (Lipinski definition) is 4. The van der Waals surface area contributed by atoms with Crippen LogP contribution in [0.1, 0.15) is 33.7 Å². The number of carbonyl (C=O) groups excluding carboxylic acids is 1. The van der Waals surface area contributed by atoms with Crippen LogP contribution in [-0.4, -0.2) is 22.4 Å². The molecule has 0 atom stereocenters. The molecule has 4 rings (SSSR count). The molecule has 1 amide bonds. The van der Waals surface area contributed by atoms with Crippen molar-refractivity contribution < 1.29 is 4.79 Å². The topological polar surface area (TPSA) is 58.1 Å². The van der Waals surface area contributed by atoms with Gasteiger partial charge in [0, 0.05) is 29.5 Å². The molecule has 0 aliphatic carbocycles. The minimum absolute atomic E-state index is 0.216. The lowest BCUT2D eigenvalue weighted by atomic mass is 10.0. The summed E-state index contributed by atoms with van der Waals surface area (Å²) >= 11 is 5.91. The first-order chi connectivity index (χ1) is 13.6. The van der Waals surface area contributed by atoms with Gasteiger partial charge in [-0.15, -0.1) is 0 Å². The largest absolute Gasteiger partial charge is 0.347 e. The first-order valence-electron chi connectivity index (χ1n) is 9.34. The maximum absolute atomic E-state index is 12.7. The fourth-order valence-corrected chi connectivity index (χ4v) is 3.53. The average Bonchev–Trinajstić information content (AvgIpc) is 2.72. The molecule has 1 aromatic heterocycles. The van der Waals surface area contributed by atoms with E-state index in [1.54, 1.807) is 6.07 Å². The Hall–Kier alpha value is -2.92. The molecule has 6 heteroatoms. The van der Waals surface area contributed by atoms with Gasteiger partial charge >= 0.3 is 0 Å². The molecule has 142 valence electrons. The summed E-state index contributed by atoms with van der Waals surface area (Å²) in [6.45, 7) is 3.14. The Morgan fingerprint density at radius 2 is 1.93 bits per heavy atom. The van der Waals surface area contributed by atoms with E-state index in [0.717, 1.165) is 36.3 Å². The van der Waals surface area contributed by atoms with Crippen LogP contribution in [0.3, 0.4) is 0 Å². The second kappa shape index (κ2) is 7.98. The lowest BCUT2D eigenvalue weighted by Gasteiger charge is -2.29. The Morgan fingerprint density at radius 3 is 2.75 bits per heavy atom. The molecule has 3 aromatic rings. The molecule has 0 spiro atoms. The van der Waals surface area contributed by atoms with Gasteiger partial charge in [0.1, 0.15) is 5.69 Å². The fourth-order valence-electron chi connectivity index (χ4n) is 3.41. The van der Waals surface area contributed by atoms with E-state index in [-0.39, 0.29) is 5.91 Å². The Kier molecular flexibility index (Phi) is 5.26. The molecule has 2 aromatic carbocycles. The van der Waals surface area contributed by atoms with Crippen molar-refractivity contribution in [1.82, 2.24) is 15.3 Å². The maximum atomic E-state index is 12.7. The minimum atomic E-state index is -0.216. The number of halogens is 1. The Bertz CT molecular complexity index is 1000. The van der Waals surface area contributed by atoms with Gasteiger partial charge in [-0.25, -0.2) is 9.97 Å². The van der Waals surface area contributed by atoms with Gasteiger partial charge in [-0.05, 0) is 55.2 Å². The third kappa shape index (κ3) is 3.99. The molecule has 0 fully saturated rings. The number of hydrogen-bond donors (Lipinski definition) is 1. The molecular weight excluding hydrogens is 372 g/mol. The SMILES string of the molecule is Cc1cc(C(=O)NCc2ccc(Cl)cc2)nc(N2CCCc3ccccc32)n1. The summed E-state index contributed by atoms with van der Waals surface area (Å²) in [5, 5.41) is 3.59. The normalized spacial score (nSPS) is 13.1. The van der Waals surface area contributed by atoms with Crippen LogP contribution in [0.15, 0.2) is 54.6 Å². The lowest BCUT2D eigenvalue weighted by Crippen LogP contribution is -2.29. The summed E-state index contributed by atoms with van der Waals surface area (Å²) in [6.07, 6.45) is 2.08. The molecule has 0 bridgehead atoms. The predicted octanol–water partition coefficient (Wildman–Crippen LogP) is 4.45. The molecular formula is C22H21ClN4O.